The van der Waals surface area contributed by atoms with Crippen LogP contribution >= 0.6 is 11.6 Å². The highest BCUT2D eigenvalue weighted by Crippen LogP contribution is 2.18. The van der Waals surface area contributed by atoms with E-state index in [1.165, 1.54) is 4.68 Å². The molecule has 0 radical (unpaired) electrons. The molecule has 2 rings (SSSR count). The van der Waals surface area contributed by atoms with Crippen LogP contribution in [0.4, 0.5) is 8.78 Å². The second kappa shape index (κ2) is 4.85. The molecule has 2 aromatic heterocycles. The average Bonchev–Trinajstić information content (AvgIpc) is 2.55. The molecule has 0 aliphatic carbocycles. The third-order valence-corrected chi connectivity index (χ3v) is 2.26. The summed E-state index contributed by atoms with van der Waals surface area (Å²) in [5.74, 6) is -0.212. The molecule has 0 spiro atoms. The van der Waals surface area contributed by atoms with E-state index in [1.54, 1.807) is 19.9 Å². The third kappa shape index (κ3) is 2.73. The van der Waals surface area contributed by atoms with Gasteiger partial charge in [0.2, 0.25) is 5.88 Å². The van der Waals surface area contributed by atoms with Gasteiger partial charge >= 0.3 is 6.61 Å². The normalized spacial score (nSPS) is 11.0. The second-order valence-corrected chi connectivity index (χ2v) is 3.93. The van der Waals surface area contributed by atoms with Gasteiger partial charge in [0.25, 0.3) is 5.95 Å². The van der Waals surface area contributed by atoms with Crippen molar-refractivity contribution in [3.8, 4) is 11.8 Å². The molecule has 0 atom stereocenters. The molecule has 0 aliphatic rings. The molecule has 0 unspecified atom stereocenters. The monoisotopic (exact) mass is 274 g/mol. The zero-order valence-corrected chi connectivity index (χ0v) is 10.3. The molecule has 8 heteroatoms. The number of rotatable bonds is 3. The van der Waals surface area contributed by atoms with Crippen LogP contribution in [0.2, 0.25) is 5.15 Å². The minimum atomic E-state index is -2.97. The lowest BCUT2D eigenvalue weighted by Gasteiger charge is -2.07. The van der Waals surface area contributed by atoms with Crippen LogP contribution in [-0.2, 0) is 0 Å². The van der Waals surface area contributed by atoms with Gasteiger partial charge in [-0.2, -0.15) is 23.8 Å². The molecule has 0 saturated heterocycles. The van der Waals surface area contributed by atoms with E-state index in [4.69, 9.17) is 11.6 Å². The molecule has 0 aromatic carbocycles. The van der Waals surface area contributed by atoms with E-state index in [1.807, 2.05) is 0 Å². The highest BCUT2D eigenvalue weighted by molar-refractivity contribution is 6.29. The van der Waals surface area contributed by atoms with Crippen molar-refractivity contribution in [2.45, 2.75) is 20.5 Å². The van der Waals surface area contributed by atoms with Gasteiger partial charge in [0.15, 0.2) is 0 Å². The zero-order valence-electron chi connectivity index (χ0n) is 9.56. The summed E-state index contributed by atoms with van der Waals surface area (Å²) >= 11 is 5.73. The van der Waals surface area contributed by atoms with Crippen molar-refractivity contribution >= 4 is 11.6 Å². The first-order chi connectivity index (χ1) is 8.45. The third-order valence-electron chi connectivity index (χ3n) is 2.07. The van der Waals surface area contributed by atoms with E-state index in [0.717, 1.165) is 17.5 Å². The van der Waals surface area contributed by atoms with Crippen LogP contribution in [0.5, 0.6) is 5.88 Å². The Kier molecular flexibility index (Phi) is 3.42. The SMILES string of the molecule is Cc1cc(C)n(-c2nc(Cl)cc(OC(F)F)n2)n1. The van der Waals surface area contributed by atoms with Crippen molar-refractivity contribution in [1.29, 1.82) is 0 Å². The molecular weight excluding hydrogens is 266 g/mol. The molecule has 0 fully saturated rings. The summed E-state index contributed by atoms with van der Waals surface area (Å²) in [6, 6.07) is 2.92. The molecule has 2 heterocycles. The number of aromatic nitrogens is 4. The topological polar surface area (TPSA) is 52.8 Å². The molecule has 96 valence electrons. The smallest absolute Gasteiger partial charge is 0.388 e. The molecule has 0 N–H and O–H groups in total. The Morgan fingerprint density at radius 3 is 2.56 bits per heavy atom. The number of ether oxygens (including phenoxy) is 1. The maximum absolute atomic E-state index is 12.1. The van der Waals surface area contributed by atoms with E-state index in [0.29, 0.717) is 0 Å². The summed E-state index contributed by atoms with van der Waals surface area (Å²) in [6.45, 7) is 0.618. The van der Waals surface area contributed by atoms with E-state index in [-0.39, 0.29) is 17.0 Å². The number of hydrogen-bond acceptors (Lipinski definition) is 4. The summed E-state index contributed by atoms with van der Waals surface area (Å²) in [6.07, 6.45) is 0. The van der Waals surface area contributed by atoms with E-state index in [9.17, 15) is 8.78 Å². The van der Waals surface area contributed by atoms with Gasteiger partial charge in [0.05, 0.1) is 5.69 Å². The molecule has 0 bridgehead atoms. The first-order valence-corrected chi connectivity index (χ1v) is 5.36. The standard InChI is InChI=1S/C10H9ClF2N4O/c1-5-3-6(2)17(16-5)10-14-7(11)4-8(15-10)18-9(12)13/h3-4,9H,1-2H3. The molecule has 0 amide bonds. The molecule has 18 heavy (non-hydrogen) atoms. The van der Waals surface area contributed by atoms with Gasteiger partial charge < -0.3 is 4.74 Å². The van der Waals surface area contributed by atoms with Crippen LogP contribution in [0.25, 0.3) is 5.95 Å². The summed E-state index contributed by atoms with van der Waals surface area (Å²) in [4.78, 5) is 7.74. The van der Waals surface area contributed by atoms with Gasteiger partial charge in [-0.25, -0.2) is 4.68 Å². The Hall–Kier alpha value is -1.76. The van der Waals surface area contributed by atoms with Crippen molar-refractivity contribution < 1.29 is 13.5 Å². The van der Waals surface area contributed by atoms with E-state index < -0.39 is 6.61 Å². The highest BCUT2D eigenvalue weighted by atomic mass is 35.5. The Morgan fingerprint density at radius 1 is 1.28 bits per heavy atom. The van der Waals surface area contributed by atoms with Gasteiger partial charge in [-0.15, -0.1) is 0 Å². The van der Waals surface area contributed by atoms with Crippen molar-refractivity contribution in [3.63, 3.8) is 0 Å². The fourth-order valence-electron chi connectivity index (χ4n) is 1.46. The van der Waals surface area contributed by atoms with Crippen molar-refractivity contribution in [2.24, 2.45) is 0 Å². The van der Waals surface area contributed by atoms with Crippen LogP contribution in [0.1, 0.15) is 11.4 Å². The Labute approximate surface area is 106 Å². The number of nitrogens with zero attached hydrogens (tertiary/aromatic N) is 4. The Bertz CT molecular complexity index is 573. The molecular formula is C10H9ClF2N4O. The van der Waals surface area contributed by atoms with Gasteiger partial charge in [-0.3, -0.25) is 0 Å². The Balaban J connectivity index is 2.44. The minimum Gasteiger partial charge on any atom is -0.417 e. The fourth-order valence-corrected chi connectivity index (χ4v) is 1.63. The van der Waals surface area contributed by atoms with Crippen LogP contribution < -0.4 is 4.74 Å². The lowest BCUT2D eigenvalue weighted by Crippen LogP contribution is -2.09. The summed E-state index contributed by atoms with van der Waals surface area (Å²) in [5.41, 5.74) is 1.52. The molecule has 0 saturated carbocycles. The average molecular weight is 275 g/mol. The number of halogens is 3. The van der Waals surface area contributed by atoms with Gasteiger partial charge in [-0.1, -0.05) is 11.6 Å². The summed E-state index contributed by atoms with van der Waals surface area (Å²) in [5, 5.41) is 4.13. The number of alkyl halides is 2. The first kappa shape index (κ1) is 12.7. The second-order valence-electron chi connectivity index (χ2n) is 3.55. The van der Waals surface area contributed by atoms with Crippen LogP contribution in [-0.4, -0.2) is 26.4 Å². The van der Waals surface area contributed by atoms with Crippen molar-refractivity contribution in [2.75, 3.05) is 0 Å². The van der Waals surface area contributed by atoms with Crippen molar-refractivity contribution in [1.82, 2.24) is 19.7 Å². The van der Waals surface area contributed by atoms with Gasteiger partial charge in [0, 0.05) is 11.8 Å². The lowest BCUT2D eigenvalue weighted by atomic mass is 10.4. The quantitative estimate of drug-likeness (QED) is 0.807. The molecule has 0 aliphatic heterocycles. The largest absolute Gasteiger partial charge is 0.417 e. The predicted molar refractivity (Wildman–Crippen MR) is 60.3 cm³/mol. The van der Waals surface area contributed by atoms with Gasteiger partial charge in [0.1, 0.15) is 5.15 Å². The Morgan fingerprint density at radius 2 is 2.00 bits per heavy atom. The maximum atomic E-state index is 12.1. The highest BCUT2D eigenvalue weighted by Gasteiger charge is 2.12. The number of hydrogen-bond donors (Lipinski definition) is 0. The summed E-state index contributed by atoms with van der Waals surface area (Å²) in [7, 11) is 0. The van der Waals surface area contributed by atoms with E-state index >= 15 is 0 Å². The lowest BCUT2D eigenvalue weighted by molar-refractivity contribution is -0.0529. The van der Waals surface area contributed by atoms with Crippen LogP contribution in [0, 0.1) is 13.8 Å². The molecule has 5 nitrogen and oxygen atoms in total. The molecule has 2 aromatic rings. The summed E-state index contributed by atoms with van der Waals surface area (Å²) < 4.78 is 29.8. The van der Waals surface area contributed by atoms with Crippen LogP contribution in [0.3, 0.4) is 0 Å². The minimum absolute atomic E-state index is 0.00297. The van der Waals surface area contributed by atoms with Crippen molar-refractivity contribution in [3.05, 3.63) is 28.7 Å². The van der Waals surface area contributed by atoms with Crippen LogP contribution in [0.15, 0.2) is 12.1 Å². The van der Waals surface area contributed by atoms with E-state index in [2.05, 4.69) is 19.8 Å². The fraction of sp³-hybridized carbons (Fsp3) is 0.300. The zero-order chi connectivity index (χ0) is 13.3. The van der Waals surface area contributed by atoms with Gasteiger partial charge in [-0.05, 0) is 19.9 Å². The maximum Gasteiger partial charge on any atom is 0.388 e. The first-order valence-electron chi connectivity index (χ1n) is 4.99. The predicted octanol–water partition coefficient (Wildman–Crippen LogP) is 2.53. The number of aryl methyl sites for hydroxylation is 2.